The topological polar surface area (TPSA) is 85.8 Å². The van der Waals surface area contributed by atoms with Gasteiger partial charge in [0.2, 0.25) is 0 Å². The normalized spacial score (nSPS) is 10.6. The number of halogens is 2. The van der Waals surface area contributed by atoms with Gasteiger partial charge in [0.25, 0.3) is 5.91 Å². The zero-order chi connectivity index (χ0) is 14.7. The second-order valence-electron chi connectivity index (χ2n) is 4.07. The lowest BCUT2D eigenvalue weighted by Gasteiger charge is -2.08. The molecule has 0 aliphatic carbocycles. The molecule has 0 radical (unpaired) electrons. The minimum atomic E-state index is -0.944. The third kappa shape index (κ3) is 2.73. The van der Waals surface area contributed by atoms with Gasteiger partial charge < -0.3 is 15.6 Å². The number of carbonyl (C=O) groups is 1. The second-order valence-corrected chi connectivity index (χ2v) is 4.07. The van der Waals surface area contributed by atoms with Crippen LogP contribution in [0.4, 0.5) is 14.5 Å². The molecule has 0 bridgehead atoms. The fraction of sp³-hybridized carbons (Fsp3) is 0.250. The molecule has 8 heteroatoms. The molecule has 2 rings (SSSR count). The lowest BCUT2D eigenvalue weighted by atomic mass is 10.1. The van der Waals surface area contributed by atoms with Gasteiger partial charge in [0.05, 0.1) is 17.8 Å². The minimum absolute atomic E-state index is 0.0581. The Bertz CT molecular complexity index is 641. The fourth-order valence-electron chi connectivity index (χ4n) is 1.71. The molecular weight excluding hydrogens is 268 g/mol. The van der Waals surface area contributed by atoms with E-state index in [1.807, 2.05) is 6.92 Å². The number of nitrogen functional groups attached to an aromatic ring is 1. The quantitative estimate of drug-likeness (QED) is 0.821. The number of anilines is 1. The van der Waals surface area contributed by atoms with Crippen molar-refractivity contribution in [2.24, 2.45) is 0 Å². The van der Waals surface area contributed by atoms with Gasteiger partial charge in [0.1, 0.15) is 12.1 Å². The molecule has 1 aromatic carbocycles. The molecule has 1 aromatic heterocycles. The molecule has 0 unspecified atom stereocenters. The molecule has 6 nitrogen and oxygen atoms in total. The summed E-state index contributed by atoms with van der Waals surface area (Å²) in [6.07, 6.45) is 1.52. The number of hydrogen-bond donors (Lipinski definition) is 2. The van der Waals surface area contributed by atoms with Gasteiger partial charge in [0.15, 0.2) is 11.6 Å². The first-order valence-corrected chi connectivity index (χ1v) is 5.92. The summed E-state index contributed by atoms with van der Waals surface area (Å²) in [5, 5.41) is 9.96. The Labute approximate surface area is 113 Å². The van der Waals surface area contributed by atoms with Crippen LogP contribution in [-0.4, -0.2) is 20.7 Å². The van der Waals surface area contributed by atoms with Crippen LogP contribution in [0.25, 0.3) is 0 Å². The molecule has 1 heterocycles. The lowest BCUT2D eigenvalue weighted by molar-refractivity contribution is 0.0945. The summed E-state index contributed by atoms with van der Waals surface area (Å²) in [6, 6.07) is 1.62. The standard InChI is InChI=1S/C12H13F2N5O/c1-2-19-6-17-18-10(19)5-16-12(20)8-3-7(13)4-9(15)11(8)14/h3-4,6H,2,5,15H2,1H3,(H,16,20). The van der Waals surface area contributed by atoms with Crippen molar-refractivity contribution in [1.82, 2.24) is 20.1 Å². The monoisotopic (exact) mass is 281 g/mol. The predicted octanol–water partition coefficient (Wildman–Crippen LogP) is 1.09. The van der Waals surface area contributed by atoms with E-state index < -0.39 is 28.8 Å². The van der Waals surface area contributed by atoms with Crippen molar-refractivity contribution in [3.8, 4) is 0 Å². The van der Waals surface area contributed by atoms with Crippen molar-refractivity contribution in [2.45, 2.75) is 20.0 Å². The van der Waals surface area contributed by atoms with Crippen LogP contribution in [0.15, 0.2) is 18.5 Å². The number of rotatable bonds is 4. The smallest absolute Gasteiger partial charge is 0.254 e. The highest BCUT2D eigenvalue weighted by Gasteiger charge is 2.16. The molecule has 0 saturated carbocycles. The van der Waals surface area contributed by atoms with Gasteiger partial charge in [-0.2, -0.15) is 0 Å². The summed E-state index contributed by atoms with van der Waals surface area (Å²) >= 11 is 0. The fourth-order valence-corrected chi connectivity index (χ4v) is 1.71. The molecular formula is C12H13F2N5O. The van der Waals surface area contributed by atoms with Crippen LogP contribution in [0.1, 0.15) is 23.1 Å². The van der Waals surface area contributed by atoms with E-state index in [-0.39, 0.29) is 6.54 Å². The van der Waals surface area contributed by atoms with E-state index in [4.69, 9.17) is 5.73 Å². The van der Waals surface area contributed by atoms with Gasteiger partial charge in [-0.25, -0.2) is 8.78 Å². The number of amides is 1. The Morgan fingerprint density at radius 2 is 2.20 bits per heavy atom. The Balaban J connectivity index is 2.13. The van der Waals surface area contributed by atoms with Gasteiger partial charge in [0, 0.05) is 6.54 Å². The summed E-state index contributed by atoms with van der Waals surface area (Å²) < 4.78 is 28.5. The van der Waals surface area contributed by atoms with Gasteiger partial charge in [-0.3, -0.25) is 4.79 Å². The molecule has 0 spiro atoms. The van der Waals surface area contributed by atoms with Crippen molar-refractivity contribution in [3.63, 3.8) is 0 Å². The highest BCUT2D eigenvalue weighted by molar-refractivity contribution is 5.95. The lowest BCUT2D eigenvalue weighted by Crippen LogP contribution is -2.26. The van der Waals surface area contributed by atoms with E-state index in [9.17, 15) is 13.6 Å². The van der Waals surface area contributed by atoms with Crippen LogP contribution in [0.3, 0.4) is 0 Å². The van der Waals surface area contributed by atoms with Crippen molar-refractivity contribution in [3.05, 3.63) is 41.5 Å². The van der Waals surface area contributed by atoms with Crippen LogP contribution in [-0.2, 0) is 13.1 Å². The number of nitrogens with zero attached hydrogens (tertiary/aromatic N) is 3. The molecule has 0 aliphatic rings. The van der Waals surface area contributed by atoms with Crippen LogP contribution in [0, 0.1) is 11.6 Å². The summed E-state index contributed by atoms with van der Waals surface area (Å²) in [5.74, 6) is -1.96. The largest absolute Gasteiger partial charge is 0.396 e. The first-order chi connectivity index (χ1) is 9.52. The number of hydrogen-bond acceptors (Lipinski definition) is 4. The van der Waals surface area contributed by atoms with Crippen molar-refractivity contribution < 1.29 is 13.6 Å². The molecule has 2 aromatic rings. The summed E-state index contributed by atoms with van der Waals surface area (Å²) in [7, 11) is 0. The van der Waals surface area contributed by atoms with Gasteiger partial charge in [-0.05, 0) is 19.1 Å². The van der Waals surface area contributed by atoms with E-state index in [1.165, 1.54) is 6.33 Å². The number of benzene rings is 1. The molecule has 1 amide bonds. The maximum absolute atomic E-state index is 13.7. The van der Waals surface area contributed by atoms with E-state index in [1.54, 1.807) is 4.57 Å². The first kappa shape index (κ1) is 13.9. The summed E-state index contributed by atoms with van der Waals surface area (Å²) in [4.78, 5) is 11.8. The summed E-state index contributed by atoms with van der Waals surface area (Å²) in [6.45, 7) is 2.59. The molecule has 0 saturated heterocycles. The number of nitrogens with one attached hydrogen (secondary N) is 1. The molecule has 3 N–H and O–H groups in total. The van der Waals surface area contributed by atoms with E-state index in [2.05, 4.69) is 15.5 Å². The van der Waals surface area contributed by atoms with Crippen LogP contribution >= 0.6 is 0 Å². The molecule has 0 aliphatic heterocycles. The van der Waals surface area contributed by atoms with E-state index in [0.29, 0.717) is 12.4 Å². The average Bonchev–Trinajstić information content (AvgIpc) is 2.87. The zero-order valence-electron chi connectivity index (χ0n) is 10.7. The molecule has 0 atom stereocenters. The summed E-state index contributed by atoms with van der Waals surface area (Å²) in [5.41, 5.74) is 4.42. The van der Waals surface area contributed by atoms with Gasteiger partial charge >= 0.3 is 0 Å². The zero-order valence-corrected chi connectivity index (χ0v) is 10.7. The van der Waals surface area contributed by atoms with Gasteiger partial charge in [-0.1, -0.05) is 0 Å². The predicted molar refractivity (Wildman–Crippen MR) is 67.6 cm³/mol. The highest BCUT2D eigenvalue weighted by atomic mass is 19.1. The Morgan fingerprint density at radius 1 is 1.45 bits per heavy atom. The second kappa shape index (κ2) is 5.64. The minimum Gasteiger partial charge on any atom is -0.396 e. The average molecular weight is 281 g/mol. The van der Waals surface area contributed by atoms with Gasteiger partial charge in [-0.15, -0.1) is 10.2 Å². The first-order valence-electron chi connectivity index (χ1n) is 5.92. The van der Waals surface area contributed by atoms with Crippen molar-refractivity contribution in [1.29, 1.82) is 0 Å². The Kier molecular flexibility index (Phi) is 3.92. The van der Waals surface area contributed by atoms with Crippen LogP contribution in [0.5, 0.6) is 0 Å². The maximum atomic E-state index is 13.7. The third-order valence-corrected chi connectivity index (χ3v) is 2.75. The third-order valence-electron chi connectivity index (χ3n) is 2.75. The number of nitrogens with two attached hydrogens (primary N) is 1. The van der Waals surface area contributed by atoms with E-state index in [0.717, 1.165) is 12.1 Å². The maximum Gasteiger partial charge on any atom is 0.254 e. The molecule has 0 fully saturated rings. The number of aromatic nitrogens is 3. The molecule has 20 heavy (non-hydrogen) atoms. The van der Waals surface area contributed by atoms with Crippen LogP contribution in [0.2, 0.25) is 0 Å². The number of carbonyl (C=O) groups excluding carboxylic acids is 1. The molecule has 106 valence electrons. The van der Waals surface area contributed by atoms with Crippen molar-refractivity contribution >= 4 is 11.6 Å². The van der Waals surface area contributed by atoms with Crippen molar-refractivity contribution in [2.75, 3.05) is 5.73 Å². The Hall–Kier alpha value is -2.51. The SMILES string of the molecule is CCn1cnnc1CNC(=O)c1cc(F)cc(N)c1F. The van der Waals surface area contributed by atoms with E-state index >= 15 is 0 Å². The number of aryl methyl sites for hydroxylation is 1. The highest BCUT2D eigenvalue weighted by Crippen LogP contribution is 2.17. The van der Waals surface area contributed by atoms with Crippen LogP contribution < -0.4 is 11.1 Å². The Morgan fingerprint density at radius 3 is 2.90 bits per heavy atom.